The largest absolute Gasteiger partial charge is 0.325 e. The first-order chi connectivity index (χ1) is 12.4. The number of H-pyrrole nitrogens is 2. The normalized spacial score (nSPS) is 18.8. The summed E-state index contributed by atoms with van der Waals surface area (Å²) >= 11 is 0. The van der Waals surface area contributed by atoms with Crippen molar-refractivity contribution in [2.24, 2.45) is 0 Å². The molecule has 0 spiro atoms. The lowest BCUT2D eigenvalue weighted by molar-refractivity contribution is 0.505. The van der Waals surface area contributed by atoms with Gasteiger partial charge in [-0.25, -0.2) is 22.9 Å². The average molecular weight is 373 g/mol. The third-order valence-corrected chi connectivity index (χ3v) is 6.03. The van der Waals surface area contributed by atoms with Gasteiger partial charge in [0.15, 0.2) is 21.5 Å². The lowest BCUT2D eigenvalue weighted by atomic mass is 10.2. The highest BCUT2D eigenvalue weighted by Gasteiger charge is 2.32. The van der Waals surface area contributed by atoms with E-state index in [2.05, 4.69) is 20.1 Å². The van der Waals surface area contributed by atoms with Crippen molar-refractivity contribution in [1.82, 2.24) is 24.7 Å². The third kappa shape index (κ3) is 2.99. The van der Waals surface area contributed by atoms with Crippen molar-refractivity contribution >= 4 is 9.84 Å². The fourth-order valence-corrected chi connectivity index (χ4v) is 4.71. The highest BCUT2D eigenvalue weighted by atomic mass is 32.2. The van der Waals surface area contributed by atoms with Gasteiger partial charge >= 0.3 is 5.69 Å². The summed E-state index contributed by atoms with van der Waals surface area (Å²) in [5.74, 6) is 0.623. The number of benzene rings is 1. The quantitative estimate of drug-likeness (QED) is 0.681. The number of nitrogens with one attached hydrogen (secondary N) is 2. The molecule has 1 fully saturated rings. The Bertz CT molecular complexity index is 1180. The van der Waals surface area contributed by atoms with Crippen LogP contribution in [0.3, 0.4) is 0 Å². The summed E-state index contributed by atoms with van der Waals surface area (Å²) < 4.78 is 25.2. The monoisotopic (exact) mass is 373 g/mol. The molecule has 0 amide bonds. The van der Waals surface area contributed by atoms with Gasteiger partial charge in [0.2, 0.25) is 0 Å². The Morgan fingerprint density at radius 3 is 2.58 bits per heavy atom. The van der Waals surface area contributed by atoms with Crippen molar-refractivity contribution in [2.45, 2.75) is 12.5 Å². The summed E-state index contributed by atoms with van der Waals surface area (Å²) in [5, 5.41) is 4.46. The van der Waals surface area contributed by atoms with E-state index >= 15 is 0 Å². The molecule has 1 aliphatic rings. The summed E-state index contributed by atoms with van der Waals surface area (Å²) in [6, 6.07) is 8.77. The van der Waals surface area contributed by atoms with Crippen LogP contribution in [0.1, 0.15) is 12.5 Å². The maximum absolute atomic E-state index is 12.2. The first-order valence-electron chi connectivity index (χ1n) is 7.98. The van der Waals surface area contributed by atoms with E-state index in [0.29, 0.717) is 12.2 Å². The molecule has 26 heavy (non-hydrogen) atoms. The SMILES string of the molecule is O=c1[nH]cc(-c2nc(-c3ccccc3)nn2C2CCS(=O)(=O)C2)c(=O)[nH]1. The Hall–Kier alpha value is -3.01. The zero-order chi connectivity index (χ0) is 18.3. The van der Waals surface area contributed by atoms with Crippen molar-refractivity contribution in [3.63, 3.8) is 0 Å². The molecule has 1 saturated heterocycles. The lowest BCUT2D eigenvalue weighted by Gasteiger charge is -2.10. The van der Waals surface area contributed by atoms with Gasteiger partial charge in [-0.05, 0) is 6.42 Å². The zero-order valence-corrected chi connectivity index (χ0v) is 14.4. The van der Waals surface area contributed by atoms with Crippen LogP contribution in [0.25, 0.3) is 22.8 Å². The van der Waals surface area contributed by atoms with Gasteiger partial charge in [0.05, 0.1) is 17.5 Å². The molecule has 0 aliphatic carbocycles. The third-order valence-electron chi connectivity index (χ3n) is 4.28. The van der Waals surface area contributed by atoms with Crippen LogP contribution in [-0.2, 0) is 9.84 Å². The Labute approximate surface area is 147 Å². The van der Waals surface area contributed by atoms with Gasteiger partial charge in [-0.2, -0.15) is 5.10 Å². The van der Waals surface area contributed by atoms with E-state index in [0.717, 1.165) is 5.56 Å². The van der Waals surface area contributed by atoms with Crippen molar-refractivity contribution in [2.75, 3.05) is 11.5 Å². The van der Waals surface area contributed by atoms with Gasteiger partial charge in [-0.1, -0.05) is 30.3 Å². The number of rotatable bonds is 3. The van der Waals surface area contributed by atoms with Gasteiger partial charge in [0.1, 0.15) is 5.56 Å². The van der Waals surface area contributed by atoms with Crippen molar-refractivity contribution in [3.05, 3.63) is 57.4 Å². The molecule has 3 heterocycles. The van der Waals surface area contributed by atoms with Crippen LogP contribution < -0.4 is 11.2 Å². The predicted molar refractivity (Wildman–Crippen MR) is 94.4 cm³/mol. The number of hydrogen-bond donors (Lipinski definition) is 2. The number of aromatic amines is 2. The second kappa shape index (κ2) is 6.06. The van der Waals surface area contributed by atoms with Crippen molar-refractivity contribution < 1.29 is 8.42 Å². The zero-order valence-electron chi connectivity index (χ0n) is 13.5. The maximum Gasteiger partial charge on any atom is 0.325 e. The van der Waals surface area contributed by atoms with Crippen LogP contribution >= 0.6 is 0 Å². The van der Waals surface area contributed by atoms with E-state index in [4.69, 9.17) is 0 Å². The number of aromatic nitrogens is 5. The Balaban J connectivity index is 1.90. The standard InChI is InChI=1S/C16H15N5O4S/c22-15-12(8-17-16(23)19-15)14-18-13(10-4-2-1-3-5-10)20-21(14)11-6-7-26(24,25)9-11/h1-5,8,11H,6-7,9H2,(H2,17,19,22,23). The highest BCUT2D eigenvalue weighted by molar-refractivity contribution is 7.91. The molecule has 0 radical (unpaired) electrons. The first-order valence-corrected chi connectivity index (χ1v) is 9.80. The lowest BCUT2D eigenvalue weighted by Crippen LogP contribution is -2.24. The van der Waals surface area contributed by atoms with Crippen LogP contribution in [-0.4, -0.2) is 44.7 Å². The molecule has 3 aromatic rings. The molecule has 4 rings (SSSR count). The number of hydrogen-bond acceptors (Lipinski definition) is 6. The van der Waals surface area contributed by atoms with E-state index in [1.165, 1.54) is 10.9 Å². The first kappa shape index (κ1) is 16.5. The van der Waals surface area contributed by atoms with Crippen molar-refractivity contribution in [3.8, 4) is 22.8 Å². The molecule has 0 saturated carbocycles. The summed E-state index contributed by atoms with van der Waals surface area (Å²) in [4.78, 5) is 32.5. The van der Waals surface area contributed by atoms with Gasteiger partial charge in [-0.3, -0.25) is 9.78 Å². The van der Waals surface area contributed by atoms with Crippen LogP contribution in [0.5, 0.6) is 0 Å². The molecule has 2 N–H and O–H groups in total. The molecule has 1 atom stereocenters. The van der Waals surface area contributed by atoms with E-state index in [1.807, 2.05) is 30.3 Å². The molecule has 10 heteroatoms. The summed E-state index contributed by atoms with van der Waals surface area (Å²) in [6.45, 7) is 0. The molecule has 1 aromatic carbocycles. The number of nitrogens with zero attached hydrogens (tertiary/aromatic N) is 3. The van der Waals surface area contributed by atoms with Crippen LogP contribution in [0.2, 0.25) is 0 Å². The van der Waals surface area contributed by atoms with E-state index in [9.17, 15) is 18.0 Å². The fraction of sp³-hybridized carbons (Fsp3) is 0.250. The molecule has 9 nitrogen and oxygen atoms in total. The fourth-order valence-electron chi connectivity index (χ4n) is 3.02. The minimum atomic E-state index is -3.15. The van der Waals surface area contributed by atoms with Gasteiger partial charge in [0, 0.05) is 11.8 Å². The minimum Gasteiger partial charge on any atom is -0.313 e. The summed E-state index contributed by atoms with van der Waals surface area (Å²) in [7, 11) is -3.15. The van der Waals surface area contributed by atoms with Crippen LogP contribution in [0, 0.1) is 0 Å². The average Bonchev–Trinajstić information content (AvgIpc) is 3.19. The van der Waals surface area contributed by atoms with Crippen LogP contribution in [0.15, 0.2) is 46.1 Å². The molecule has 134 valence electrons. The summed E-state index contributed by atoms with van der Waals surface area (Å²) in [5.41, 5.74) is -0.364. The Morgan fingerprint density at radius 1 is 1.15 bits per heavy atom. The van der Waals surface area contributed by atoms with E-state index in [-0.39, 0.29) is 22.9 Å². The molecule has 1 unspecified atom stereocenters. The topological polar surface area (TPSA) is 131 Å². The molecule has 2 aromatic heterocycles. The highest BCUT2D eigenvalue weighted by Crippen LogP contribution is 2.29. The molecule has 0 bridgehead atoms. The smallest absolute Gasteiger partial charge is 0.313 e. The second-order valence-corrected chi connectivity index (χ2v) is 8.34. The Kier molecular flexibility index (Phi) is 3.83. The predicted octanol–water partition coefficient (Wildman–Crippen LogP) is 0.348. The molecule has 1 aliphatic heterocycles. The minimum absolute atomic E-state index is 0.0567. The molecular formula is C16H15N5O4S. The van der Waals surface area contributed by atoms with Gasteiger partial charge in [0.25, 0.3) is 5.56 Å². The number of sulfone groups is 1. The molecular weight excluding hydrogens is 358 g/mol. The Morgan fingerprint density at radius 2 is 1.92 bits per heavy atom. The second-order valence-electron chi connectivity index (χ2n) is 6.11. The van der Waals surface area contributed by atoms with Crippen molar-refractivity contribution in [1.29, 1.82) is 0 Å². The van der Waals surface area contributed by atoms with Gasteiger partial charge in [-0.15, -0.1) is 0 Å². The summed E-state index contributed by atoms with van der Waals surface area (Å²) in [6.07, 6.45) is 1.66. The maximum atomic E-state index is 12.2. The van der Waals surface area contributed by atoms with E-state index in [1.54, 1.807) is 0 Å². The van der Waals surface area contributed by atoms with E-state index < -0.39 is 27.1 Å². The van der Waals surface area contributed by atoms with Gasteiger partial charge < -0.3 is 4.98 Å². The van der Waals surface area contributed by atoms with Crippen LogP contribution in [0.4, 0.5) is 0 Å².